The van der Waals surface area contributed by atoms with Gasteiger partial charge in [0.05, 0.1) is 49.4 Å². The number of carbonyl (C=O) groups is 1. The van der Waals surface area contributed by atoms with Gasteiger partial charge in [-0.1, -0.05) is 17.7 Å². The smallest absolute Gasteiger partial charge is 0.228 e. The van der Waals surface area contributed by atoms with Crippen molar-refractivity contribution in [2.24, 2.45) is 0 Å². The van der Waals surface area contributed by atoms with Gasteiger partial charge in [0.1, 0.15) is 11.3 Å². The fraction of sp³-hybridized carbons (Fsp3) is 0.286. The molecule has 0 bridgehead atoms. The van der Waals surface area contributed by atoms with E-state index in [0.717, 1.165) is 29.7 Å². The van der Waals surface area contributed by atoms with E-state index in [9.17, 15) is 4.79 Å². The summed E-state index contributed by atoms with van der Waals surface area (Å²) in [6.45, 7) is 2.76. The van der Waals surface area contributed by atoms with Crippen LogP contribution in [0, 0.1) is 0 Å². The van der Waals surface area contributed by atoms with Crippen molar-refractivity contribution in [2.45, 2.75) is 6.42 Å². The fourth-order valence-corrected chi connectivity index (χ4v) is 3.71. The average Bonchev–Trinajstić information content (AvgIpc) is 3.10. The minimum atomic E-state index is -0.129. The van der Waals surface area contributed by atoms with Crippen LogP contribution in [0.5, 0.6) is 5.75 Å². The molecule has 2 aromatic carbocycles. The predicted molar refractivity (Wildman–Crippen MR) is 110 cm³/mol. The summed E-state index contributed by atoms with van der Waals surface area (Å²) < 4.78 is 16.2. The van der Waals surface area contributed by atoms with E-state index < -0.39 is 0 Å². The number of hydrogen-bond donors (Lipinski definition) is 1. The molecule has 0 spiro atoms. The van der Waals surface area contributed by atoms with Gasteiger partial charge in [0.15, 0.2) is 0 Å². The predicted octanol–water partition coefficient (Wildman–Crippen LogP) is 4.11. The van der Waals surface area contributed by atoms with Gasteiger partial charge in [-0.15, -0.1) is 0 Å². The number of anilines is 2. The molecule has 1 aliphatic rings. The Labute approximate surface area is 168 Å². The number of ether oxygens (including phenoxy) is 2. The third kappa shape index (κ3) is 3.79. The number of furan rings is 1. The minimum absolute atomic E-state index is 0.129. The maximum Gasteiger partial charge on any atom is 0.228 e. The van der Waals surface area contributed by atoms with Crippen molar-refractivity contribution < 1.29 is 18.7 Å². The number of fused-ring (bicyclic) bond motifs is 1. The van der Waals surface area contributed by atoms with Crippen LogP contribution in [-0.2, 0) is 16.0 Å². The van der Waals surface area contributed by atoms with E-state index in [-0.39, 0.29) is 12.3 Å². The van der Waals surface area contributed by atoms with E-state index >= 15 is 0 Å². The maximum absolute atomic E-state index is 12.7. The van der Waals surface area contributed by atoms with Crippen LogP contribution in [0.15, 0.2) is 47.1 Å². The Kier molecular flexibility index (Phi) is 5.41. The molecule has 4 rings (SSSR count). The van der Waals surface area contributed by atoms with Crippen molar-refractivity contribution in [1.29, 1.82) is 0 Å². The van der Waals surface area contributed by atoms with E-state index in [1.165, 1.54) is 0 Å². The molecular formula is C21H21ClN2O4. The maximum atomic E-state index is 12.7. The second-order valence-corrected chi connectivity index (χ2v) is 6.99. The van der Waals surface area contributed by atoms with Gasteiger partial charge >= 0.3 is 0 Å². The lowest BCUT2D eigenvalue weighted by atomic mass is 10.1. The van der Waals surface area contributed by atoms with Gasteiger partial charge < -0.3 is 24.1 Å². The zero-order chi connectivity index (χ0) is 19.5. The van der Waals surface area contributed by atoms with Gasteiger partial charge in [-0.3, -0.25) is 4.79 Å². The molecular weight excluding hydrogens is 380 g/mol. The number of rotatable bonds is 5. The number of para-hydroxylation sites is 1. The molecule has 0 aliphatic carbocycles. The normalized spacial score (nSPS) is 14.3. The van der Waals surface area contributed by atoms with Gasteiger partial charge in [-0.2, -0.15) is 0 Å². The lowest BCUT2D eigenvalue weighted by Crippen LogP contribution is -2.37. The number of nitrogens with zero attached hydrogens (tertiary/aromatic N) is 1. The molecule has 28 heavy (non-hydrogen) atoms. The Morgan fingerprint density at radius 3 is 2.86 bits per heavy atom. The van der Waals surface area contributed by atoms with Gasteiger partial charge in [0.25, 0.3) is 0 Å². The molecule has 1 saturated heterocycles. The number of carbonyl (C=O) groups excluding carboxylic acids is 1. The average molecular weight is 401 g/mol. The van der Waals surface area contributed by atoms with Gasteiger partial charge in [-0.25, -0.2) is 0 Å². The standard InChI is InChI=1S/C21H21ClN2O4/c1-26-15-5-6-16-14(13-28-19(16)12-15)11-20(25)23-18-4-2-3-17(22)21(18)24-7-9-27-10-8-24/h2-6,12-13H,7-11H2,1H3,(H,23,25). The third-order valence-corrected chi connectivity index (χ3v) is 5.11. The summed E-state index contributed by atoms with van der Waals surface area (Å²) in [5.74, 6) is 0.585. The van der Waals surface area contributed by atoms with Crippen molar-refractivity contribution in [3.63, 3.8) is 0 Å². The molecule has 1 amide bonds. The first-order valence-corrected chi connectivity index (χ1v) is 9.48. The molecule has 7 heteroatoms. The zero-order valence-electron chi connectivity index (χ0n) is 15.5. The van der Waals surface area contributed by atoms with Crippen LogP contribution in [0.2, 0.25) is 5.02 Å². The van der Waals surface area contributed by atoms with E-state index in [4.69, 9.17) is 25.5 Å². The number of amides is 1. The van der Waals surface area contributed by atoms with Crippen LogP contribution < -0.4 is 15.0 Å². The second-order valence-electron chi connectivity index (χ2n) is 6.58. The van der Waals surface area contributed by atoms with Gasteiger partial charge in [-0.05, 0) is 24.3 Å². The highest BCUT2D eigenvalue weighted by molar-refractivity contribution is 6.34. The summed E-state index contributed by atoms with van der Waals surface area (Å²) in [6, 6.07) is 11.1. The monoisotopic (exact) mass is 400 g/mol. The molecule has 1 aromatic heterocycles. The van der Waals surface area contributed by atoms with Crippen molar-refractivity contribution in [3.8, 4) is 5.75 Å². The van der Waals surface area contributed by atoms with E-state index in [1.807, 2.05) is 36.4 Å². The minimum Gasteiger partial charge on any atom is -0.497 e. The van der Waals surface area contributed by atoms with Crippen LogP contribution >= 0.6 is 11.6 Å². The quantitative estimate of drug-likeness (QED) is 0.698. The van der Waals surface area contributed by atoms with Gasteiger partial charge in [0, 0.05) is 30.1 Å². The summed E-state index contributed by atoms with van der Waals surface area (Å²) in [5.41, 5.74) is 3.06. The molecule has 0 atom stereocenters. The molecule has 6 nitrogen and oxygen atoms in total. The first kappa shape index (κ1) is 18.7. The highest BCUT2D eigenvalue weighted by Crippen LogP contribution is 2.34. The Balaban J connectivity index is 1.54. The summed E-state index contributed by atoms with van der Waals surface area (Å²) in [4.78, 5) is 14.9. The topological polar surface area (TPSA) is 63.9 Å². The van der Waals surface area contributed by atoms with Crippen molar-refractivity contribution in [3.05, 3.63) is 53.2 Å². The number of morpholine rings is 1. The highest BCUT2D eigenvalue weighted by atomic mass is 35.5. The SMILES string of the molecule is COc1ccc2c(CC(=O)Nc3cccc(Cl)c3N3CCOCC3)coc2c1. The molecule has 1 fully saturated rings. The first-order chi connectivity index (χ1) is 13.7. The fourth-order valence-electron chi connectivity index (χ4n) is 3.42. The Morgan fingerprint density at radius 2 is 2.07 bits per heavy atom. The Hall–Kier alpha value is -2.70. The lowest BCUT2D eigenvalue weighted by molar-refractivity contribution is -0.115. The van der Waals surface area contributed by atoms with E-state index in [0.29, 0.717) is 35.3 Å². The van der Waals surface area contributed by atoms with Crippen LogP contribution in [-0.4, -0.2) is 39.3 Å². The molecule has 0 saturated carbocycles. The molecule has 1 N–H and O–H groups in total. The summed E-state index contributed by atoms with van der Waals surface area (Å²) >= 11 is 6.43. The molecule has 1 aliphatic heterocycles. The molecule has 2 heterocycles. The number of nitrogens with one attached hydrogen (secondary N) is 1. The largest absolute Gasteiger partial charge is 0.497 e. The van der Waals surface area contributed by atoms with E-state index in [2.05, 4.69) is 10.2 Å². The second kappa shape index (κ2) is 8.12. The van der Waals surface area contributed by atoms with Crippen molar-refractivity contribution in [1.82, 2.24) is 0 Å². The summed E-state index contributed by atoms with van der Waals surface area (Å²) in [5, 5.41) is 4.51. The van der Waals surface area contributed by atoms with Gasteiger partial charge in [0.2, 0.25) is 5.91 Å². The van der Waals surface area contributed by atoms with Crippen molar-refractivity contribution >= 4 is 39.9 Å². The van der Waals surface area contributed by atoms with Crippen molar-refractivity contribution in [2.75, 3.05) is 43.6 Å². The summed E-state index contributed by atoms with van der Waals surface area (Å²) in [6.07, 6.45) is 1.82. The van der Waals surface area contributed by atoms with E-state index in [1.54, 1.807) is 13.4 Å². The van der Waals surface area contributed by atoms with Crippen LogP contribution in [0.1, 0.15) is 5.56 Å². The highest BCUT2D eigenvalue weighted by Gasteiger charge is 2.19. The Bertz CT molecular complexity index is 995. The zero-order valence-corrected chi connectivity index (χ0v) is 16.3. The summed E-state index contributed by atoms with van der Waals surface area (Å²) in [7, 11) is 1.61. The van der Waals surface area contributed by atoms with Crippen LogP contribution in [0.25, 0.3) is 11.0 Å². The van der Waals surface area contributed by atoms with Crippen LogP contribution in [0.4, 0.5) is 11.4 Å². The molecule has 0 unspecified atom stereocenters. The number of benzene rings is 2. The number of methoxy groups -OCH3 is 1. The molecule has 146 valence electrons. The lowest BCUT2D eigenvalue weighted by Gasteiger charge is -2.31. The molecule has 3 aromatic rings. The first-order valence-electron chi connectivity index (χ1n) is 9.11. The number of halogens is 1. The molecule has 0 radical (unpaired) electrons. The van der Waals surface area contributed by atoms with Crippen LogP contribution in [0.3, 0.4) is 0 Å². The Morgan fingerprint density at radius 1 is 1.25 bits per heavy atom. The third-order valence-electron chi connectivity index (χ3n) is 4.80. The number of hydrogen-bond acceptors (Lipinski definition) is 5.